The van der Waals surface area contributed by atoms with Crippen molar-refractivity contribution in [1.82, 2.24) is 10.2 Å². The summed E-state index contributed by atoms with van der Waals surface area (Å²) in [6.45, 7) is 8.66. The fraction of sp³-hybridized carbons (Fsp3) is 0.688. The van der Waals surface area contributed by atoms with E-state index in [2.05, 4.69) is 15.2 Å². The Labute approximate surface area is 132 Å². The van der Waals surface area contributed by atoms with Crippen molar-refractivity contribution in [2.24, 2.45) is 10.9 Å². The van der Waals surface area contributed by atoms with Crippen molar-refractivity contribution in [1.29, 1.82) is 0 Å². The van der Waals surface area contributed by atoms with Crippen molar-refractivity contribution in [3.63, 3.8) is 0 Å². The van der Waals surface area contributed by atoms with E-state index in [1.165, 1.54) is 0 Å². The minimum atomic E-state index is -0.703. The second-order valence-corrected chi connectivity index (χ2v) is 5.49. The zero-order valence-corrected chi connectivity index (χ0v) is 13.5. The normalized spacial score (nSPS) is 20.4. The minimum absolute atomic E-state index is 0.294. The van der Waals surface area contributed by atoms with Crippen molar-refractivity contribution in [3.05, 3.63) is 24.2 Å². The summed E-state index contributed by atoms with van der Waals surface area (Å²) in [6.07, 6.45) is 1.97. The van der Waals surface area contributed by atoms with Crippen LogP contribution in [0.4, 0.5) is 0 Å². The largest absolute Gasteiger partial charge is 0.467 e. The van der Waals surface area contributed by atoms with Crippen LogP contribution >= 0.6 is 0 Å². The number of hydrogen-bond acceptors (Lipinski definition) is 4. The fourth-order valence-electron chi connectivity index (χ4n) is 2.62. The van der Waals surface area contributed by atoms with Crippen molar-refractivity contribution < 1.29 is 14.3 Å². The maximum Gasteiger partial charge on any atom is 0.194 e. The summed E-state index contributed by atoms with van der Waals surface area (Å²) in [6, 6.07) is 3.54. The van der Waals surface area contributed by atoms with Crippen LogP contribution in [0.25, 0.3) is 0 Å². The quantitative estimate of drug-likeness (QED) is 0.592. The lowest BCUT2D eigenvalue weighted by Crippen LogP contribution is -2.40. The zero-order valence-electron chi connectivity index (χ0n) is 13.5. The summed E-state index contributed by atoms with van der Waals surface area (Å²) in [5.41, 5.74) is 0. The standard InChI is InChI=1S/C16H27N3O3/c1-3-17-16(18-10-14(20)15-6-5-9-22-15)19-8-7-13(11-19)12-21-4-2/h5-6,9,13-14,20H,3-4,7-8,10-12H2,1-2H3,(H,17,18). The number of rotatable bonds is 7. The summed E-state index contributed by atoms with van der Waals surface area (Å²) in [5.74, 6) is 1.96. The first kappa shape index (κ1) is 16.8. The molecule has 0 amide bonds. The predicted molar refractivity (Wildman–Crippen MR) is 85.8 cm³/mol. The first-order chi connectivity index (χ1) is 10.7. The molecule has 2 heterocycles. The van der Waals surface area contributed by atoms with Gasteiger partial charge in [-0.05, 0) is 32.4 Å². The molecule has 1 saturated heterocycles. The molecule has 2 atom stereocenters. The Bertz CT molecular complexity index is 447. The predicted octanol–water partition coefficient (Wildman–Crippen LogP) is 1.64. The summed E-state index contributed by atoms with van der Waals surface area (Å²) >= 11 is 0. The van der Waals surface area contributed by atoms with Gasteiger partial charge in [0.1, 0.15) is 11.9 Å². The van der Waals surface area contributed by atoms with Crippen LogP contribution in [0.5, 0.6) is 0 Å². The Morgan fingerprint density at radius 3 is 3.14 bits per heavy atom. The van der Waals surface area contributed by atoms with Gasteiger partial charge in [0.2, 0.25) is 0 Å². The summed E-state index contributed by atoms with van der Waals surface area (Å²) in [7, 11) is 0. The van der Waals surface area contributed by atoms with Gasteiger partial charge in [0.15, 0.2) is 5.96 Å². The number of nitrogens with zero attached hydrogens (tertiary/aromatic N) is 2. The zero-order chi connectivity index (χ0) is 15.8. The number of aliphatic hydroxyl groups is 1. The number of hydrogen-bond donors (Lipinski definition) is 2. The molecule has 0 saturated carbocycles. The number of likely N-dealkylation sites (tertiary alicyclic amines) is 1. The molecule has 1 aromatic rings. The van der Waals surface area contributed by atoms with Crippen LogP contribution in [0.1, 0.15) is 32.1 Å². The summed E-state index contributed by atoms with van der Waals surface area (Å²) in [4.78, 5) is 6.78. The van der Waals surface area contributed by atoms with E-state index >= 15 is 0 Å². The molecule has 6 nitrogen and oxygen atoms in total. The van der Waals surface area contributed by atoms with Gasteiger partial charge < -0.3 is 24.5 Å². The third kappa shape index (κ3) is 4.74. The van der Waals surface area contributed by atoms with Gasteiger partial charge in [-0.15, -0.1) is 0 Å². The lowest BCUT2D eigenvalue weighted by atomic mass is 10.1. The summed E-state index contributed by atoms with van der Waals surface area (Å²) < 4.78 is 10.7. The maximum atomic E-state index is 10.1. The first-order valence-electron chi connectivity index (χ1n) is 8.07. The molecule has 0 bridgehead atoms. The molecule has 1 aliphatic heterocycles. The van der Waals surface area contributed by atoms with E-state index in [9.17, 15) is 5.11 Å². The number of aliphatic hydroxyl groups excluding tert-OH is 1. The third-order valence-corrected chi connectivity index (χ3v) is 3.76. The fourth-order valence-corrected chi connectivity index (χ4v) is 2.62. The molecule has 1 aliphatic rings. The lowest BCUT2D eigenvalue weighted by Gasteiger charge is -2.22. The van der Waals surface area contributed by atoms with E-state index < -0.39 is 6.10 Å². The Morgan fingerprint density at radius 1 is 1.59 bits per heavy atom. The van der Waals surface area contributed by atoms with Gasteiger partial charge in [-0.25, -0.2) is 4.99 Å². The van der Waals surface area contributed by atoms with Crippen LogP contribution in [-0.4, -0.2) is 55.4 Å². The van der Waals surface area contributed by atoms with Crippen molar-refractivity contribution >= 4 is 5.96 Å². The molecular weight excluding hydrogens is 282 g/mol. The van der Waals surface area contributed by atoms with Gasteiger partial charge in [0.05, 0.1) is 19.4 Å². The highest BCUT2D eigenvalue weighted by Gasteiger charge is 2.25. The Morgan fingerprint density at radius 2 is 2.45 bits per heavy atom. The van der Waals surface area contributed by atoms with Crippen LogP contribution < -0.4 is 5.32 Å². The van der Waals surface area contributed by atoms with Gasteiger partial charge in [-0.3, -0.25) is 0 Å². The lowest BCUT2D eigenvalue weighted by molar-refractivity contribution is 0.114. The van der Waals surface area contributed by atoms with Gasteiger partial charge in [-0.1, -0.05) is 0 Å². The molecule has 6 heteroatoms. The van der Waals surface area contributed by atoms with E-state index in [1.54, 1.807) is 18.4 Å². The number of aliphatic imine (C=N–C) groups is 1. The van der Waals surface area contributed by atoms with Gasteiger partial charge >= 0.3 is 0 Å². The topological polar surface area (TPSA) is 70.2 Å². The second kappa shape index (κ2) is 8.80. The molecule has 0 radical (unpaired) electrons. The van der Waals surface area contributed by atoms with Gasteiger partial charge in [0.25, 0.3) is 0 Å². The van der Waals surface area contributed by atoms with Crippen molar-refractivity contribution in [2.75, 3.05) is 39.4 Å². The number of furan rings is 1. The molecule has 2 N–H and O–H groups in total. The molecule has 0 aromatic carbocycles. The average Bonchev–Trinajstić information content (AvgIpc) is 3.20. The Balaban J connectivity index is 1.90. The maximum absolute atomic E-state index is 10.1. The van der Waals surface area contributed by atoms with Crippen LogP contribution in [0, 0.1) is 5.92 Å². The molecule has 2 rings (SSSR count). The molecule has 2 unspecified atom stereocenters. The highest BCUT2D eigenvalue weighted by atomic mass is 16.5. The molecule has 124 valence electrons. The third-order valence-electron chi connectivity index (χ3n) is 3.76. The molecule has 1 aromatic heterocycles. The second-order valence-electron chi connectivity index (χ2n) is 5.49. The smallest absolute Gasteiger partial charge is 0.194 e. The molecule has 22 heavy (non-hydrogen) atoms. The van der Waals surface area contributed by atoms with Crippen LogP contribution in [0.3, 0.4) is 0 Å². The van der Waals surface area contributed by atoms with E-state index in [1.807, 2.05) is 13.8 Å². The average molecular weight is 309 g/mol. The van der Waals surface area contributed by atoms with Crippen LogP contribution in [0.15, 0.2) is 27.8 Å². The monoisotopic (exact) mass is 309 g/mol. The number of guanidine groups is 1. The minimum Gasteiger partial charge on any atom is -0.467 e. The van der Waals surface area contributed by atoms with Gasteiger partial charge in [-0.2, -0.15) is 0 Å². The molecule has 0 spiro atoms. The van der Waals surface area contributed by atoms with Crippen molar-refractivity contribution in [3.8, 4) is 0 Å². The number of ether oxygens (including phenoxy) is 1. The highest BCUT2D eigenvalue weighted by Crippen LogP contribution is 2.18. The van der Waals surface area contributed by atoms with E-state index in [-0.39, 0.29) is 0 Å². The van der Waals surface area contributed by atoms with E-state index in [0.29, 0.717) is 18.2 Å². The van der Waals surface area contributed by atoms with Gasteiger partial charge in [0, 0.05) is 32.2 Å². The van der Waals surface area contributed by atoms with Crippen LogP contribution in [-0.2, 0) is 4.74 Å². The van der Waals surface area contributed by atoms with E-state index in [4.69, 9.17) is 9.15 Å². The molecule has 1 fully saturated rings. The van der Waals surface area contributed by atoms with Crippen LogP contribution in [0.2, 0.25) is 0 Å². The molecule has 0 aliphatic carbocycles. The number of nitrogens with one attached hydrogen (secondary N) is 1. The van der Waals surface area contributed by atoms with E-state index in [0.717, 1.165) is 45.2 Å². The Kier molecular flexibility index (Phi) is 6.74. The SMILES string of the molecule is CCNC(=NCC(O)c1ccco1)N1CCC(COCC)C1. The molecular formula is C16H27N3O3. The summed E-state index contributed by atoms with van der Waals surface area (Å²) in [5, 5.41) is 13.4. The Hall–Kier alpha value is -1.53. The highest BCUT2D eigenvalue weighted by molar-refractivity contribution is 5.80. The van der Waals surface area contributed by atoms with Crippen molar-refractivity contribution in [2.45, 2.75) is 26.4 Å². The first-order valence-corrected chi connectivity index (χ1v) is 8.07.